The minimum Gasteiger partial charge on any atom is -0.339 e. The number of hydrogen-bond donors (Lipinski definition) is 0. The molecule has 228 valence electrons. The van der Waals surface area contributed by atoms with E-state index in [0.29, 0.717) is 12.0 Å². The molecule has 1 atom stereocenters. The second kappa shape index (κ2) is 22.1. The molecule has 0 N–H and O–H groups in total. The highest BCUT2D eigenvalue weighted by atomic mass is 32.2. The van der Waals surface area contributed by atoms with Crippen LogP contribution >= 0.6 is 0 Å². The van der Waals surface area contributed by atoms with Crippen molar-refractivity contribution in [2.24, 2.45) is 4.99 Å². The Labute approximate surface area is 258 Å². The fourth-order valence-electron chi connectivity index (χ4n) is 4.07. The molecule has 5 nitrogen and oxygen atoms in total. The predicted octanol–water partition coefficient (Wildman–Crippen LogP) is 9.31. The van der Waals surface area contributed by atoms with E-state index in [2.05, 4.69) is 50.6 Å². The topological polar surface area (TPSA) is 73.5 Å². The molecule has 0 aliphatic carbocycles. The number of hydrogen-bond acceptors (Lipinski definition) is 4. The molecular formula is C36H51N3O2S. The number of rotatable bonds is 11. The number of allylic oxidation sites excluding steroid dienone is 4. The van der Waals surface area contributed by atoms with Gasteiger partial charge in [-0.3, -0.25) is 14.0 Å². The SMILES string of the molecule is C/C=C(\c1ccc(C(=O)N(CCC)CCC)cc1C)S(C)=O.C=C(C)N=C/C(=C\C)c1ccccc1C.CCCC#N. The van der Waals surface area contributed by atoms with E-state index in [4.69, 9.17) is 5.26 Å². The number of nitrogens with zero attached hydrogens (tertiary/aromatic N) is 3. The molecule has 1 amide bonds. The summed E-state index contributed by atoms with van der Waals surface area (Å²) in [5.74, 6) is 0.0815. The maximum atomic E-state index is 12.6. The summed E-state index contributed by atoms with van der Waals surface area (Å²) in [6.07, 6.45) is 11.1. The molecular weight excluding hydrogens is 538 g/mol. The molecule has 2 rings (SSSR count). The third kappa shape index (κ3) is 13.9. The minimum absolute atomic E-state index is 0.0815. The standard InChI is InChI=1S/C18H27NO2S.C14H17N.C4H7N/c1-6-11-19(12-7-2)18(20)15-9-10-16(14(4)13-15)17(8-3)22(5)21;1-5-13(10-15-11(2)3)14-9-7-6-8-12(14)4;1-2-3-4-5/h8-10,13H,6-7,11-12H2,1-5H3;5-10H,2H2,1,3-4H3;2-3H2,1H3/b17-8+;13-5+,15-10?;. The second-order valence-electron chi connectivity index (χ2n) is 9.89. The van der Waals surface area contributed by atoms with Gasteiger partial charge >= 0.3 is 0 Å². The van der Waals surface area contributed by atoms with Gasteiger partial charge in [0.05, 0.1) is 16.9 Å². The summed E-state index contributed by atoms with van der Waals surface area (Å²) in [7, 11) is -1.03. The number of benzene rings is 2. The average molecular weight is 590 g/mol. The molecule has 42 heavy (non-hydrogen) atoms. The summed E-state index contributed by atoms with van der Waals surface area (Å²) in [5.41, 5.74) is 7.10. The molecule has 0 aromatic heterocycles. The number of aliphatic imine (C=N–C) groups is 1. The molecule has 0 saturated carbocycles. The van der Waals surface area contributed by atoms with Crippen LogP contribution in [0.4, 0.5) is 0 Å². The van der Waals surface area contributed by atoms with Crippen LogP contribution in [-0.4, -0.2) is 40.6 Å². The van der Waals surface area contributed by atoms with Gasteiger partial charge in [0.1, 0.15) is 0 Å². The van der Waals surface area contributed by atoms with Gasteiger partial charge < -0.3 is 4.90 Å². The highest BCUT2D eigenvalue weighted by molar-refractivity contribution is 7.93. The molecule has 0 aliphatic rings. The first kappa shape index (κ1) is 38.4. The Morgan fingerprint density at radius 2 is 1.60 bits per heavy atom. The van der Waals surface area contributed by atoms with Crippen molar-refractivity contribution in [2.45, 2.75) is 81.1 Å². The van der Waals surface area contributed by atoms with Gasteiger partial charge in [-0.15, -0.1) is 0 Å². The quantitative estimate of drug-likeness (QED) is 0.245. The van der Waals surface area contributed by atoms with Gasteiger partial charge in [-0.1, -0.05) is 69.8 Å². The van der Waals surface area contributed by atoms with Crippen LogP contribution in [0.2, 0.25) is 0 Å². The second-order valence-corrected chi connectivity index (χ2v) is 11.2. The van der Waals surface area contributed by atoms with Gasteiger partial charge in [-0.2, -0.15) is 5.26 Å². The highest BCUT2D eigenvalue weighted by Gasteiger charge is 2.16. The van der Waals surface area contributed by atoms with Crippen LogP contribution in [0.15, 0.2) is 71.9 Å². The van der Waals surface area contributed by atoms with Crippen molar-refractivity contribution in [2.75, 3.05) is 19.3 Å². The molecule has 2 aromatic rings. The van der Waals surface area contributed by atoms with Crippen LogP contribution in [0.1, 0.15) is 99.8 Å². The van der Waals surface area contributed by atoms with Crippen LogP contribution in [0.5, 0.6) is 0 Å². The number of aryl methyl sites for hydroxylation is 2. The van der Waals surface area contributed by atoms with Gasteiger partial charge in [0, 0.05) is 48.1 Å². The van der Waals surface area contributed by atoms with Crippen molar-refractivity contribution >= 4 is 33.4 Å². The van der Waals surface area contributed by atoms with E-state index in [1.165, 1.54) is 11.1 Å². The molecule has 0 bridgehead atoms. The van der Waals surface area contributed by atoms with Crippen molar-refractivity contribution in [3.8, 4) is 6.07 Å². The first-order chi connectivity index (χ1) is 20.0. The molecule has 1 unspecified atom stereocenters. The number of carbonyl (C=O) groups excluding carboxylic acids is 1. The molecule has 0 radical (unpaired) electrons. The molecule has 2 aromatic carbocycles. The molecule has 0 fully saturated rings. The van der Waals surface area contributed by atoms with Crippen molar-refractivity contribution in [3.63, 3.8) is 0 Å². The van der Waals surface area contributed by atoms with Crippen LogP contribution in [0.25, 0.3) is 10.5 Å². The van der Waals surface area contributed by atoms with Gasteiger partial charge in [0.25, 0.3) is 5.91 Å². The maximum Gasteiger partial charge on any atom is 0.253 e. The third-order valence-electron chi connectivity index (χ3n) is 6.14. The normalized spacial score (nSPS) is 11.9. The van der Waals surface area contributed by atoms with Crippen LogP contribution < -0.4 is 0 Å². The Bertz CT molecular complexity index is 1290. The Balaban J connectivity index is 0.000000723. The van der Waals surface area contributed by atoms with Crippen molar-refractivity contribution < 1.29 is 9.00 Å². The van der Waals surface area contributed by atoms with E-state index in [1.54, 1.807) is 6.26 Å². The van der Waals surface area contributed by atoms with E-state index in [0.717, 1.165) is 59.7 Å². The summed E-state index contributed by atoms with van der Waals surface area (Å²) in [4.78, 5) is 19.6. The van der Waals surface area contributed by atoms with E-state index in [-0.39, 0.29) is 5.91 Å². The number of nitriles is 1. The van der Waals surface area contributed by atoms with Gasteiger partial charge in [-0.05, 0) is 93.8 Å². The Morgan fingerprint density at radius 1 is 0.976 bits per heavy atom. The highest BCUT2D eigenvalue weighted by Crippen LogP contribution is 2.23. The summed E-state index contributed by atoms with van der Waals surface area (Å²) in [6, 6.07) is 16.0. The lowest BCUT2D eigenvalue weighted by Gasteiger charge is -2.22. The van der Waals surface area contributed by atoms with E-state index in [9.17, 15) is 9.00 Å². The van der Waals surface area contributed by atoms with Crippen LogP contribution in [0.3, 0.4) is 0 Å². The van der Waals surface area contributed by atoms with E-state index < -0.39 is 10.8 Å². The van der Waals surface area contributed by atoms with Crippen molar-refractivity contribution in [3.05, 3.63) is 94.7 Å². The van der Waals surface area contributed by atoms with Gasteiger partial charge in [-0.25, -0.2) is 0 Å². The summed E-state index contributed by atoms with van der Waals surface area (Å²) >= 11 is 0. The lowest BCUT2D eigenvalue weighted by atomic mass is 10.0. The Hall–Kier alpha value is -3.56. The summed E-state index contributed by atoms with van der Waals surface area (Å²) < 4.78 is 11.8. The Kier molecular flexibility index (Phi) is 20.2. The zero-order valence-electron chi connectivity index (χ0n) is 27.3. The predicted molar refractivity (Wildman–Crippen MR) is 184 cm³/mol. The first-order valence-electron chi connectivity index (χ1n) is 14.7. The van der Waals surface area contributed by atoms with E-state index in [1.807, 2.05) is 88.2 Å². The molecule has 0 heterocycles. The molecule has 0 aliphatic heterocycles. The molecule has 6 heteroatoms. The smallest absolute Gasteiger partial charge is 0.253 e. The minimum atomic E-state index is -1.03. The third-order valence-corrected chi connectivity index (χ3v) is 7.21. The Morgan fingerprint density at radius 3 is 2.00 bits per heavy atom. The fourth-order valence-corrected chi connectivity index (χ4v) is 4.95. The number of amides is 1. The van der Waals surface area contributed by atoms with Gasteiger partial charge in [0.2, 0.25) is 0 Å². The zero-order chi connectivity index (χ0) is 32.1. The lowest BCUT2D eigenvalue weighted by molar-refractivity contribution is 0.0755. The molecule has 0 saturated heterocycles. The van der Waals surface area contributed by atoms with Crippen LogP contribution in [0, 0.1) is 25.2 Å². The number of unbranched alkanes of at least 4 members (excludes halogenated alkanes) is 1. The fraction of sp³-hybridized carbons (Fsp3) is 0.417. The lowest BCUT2D eigenvalue weighted by Crippen LogP contribution is -2.32. The first-order valence-corrected chi connectivity index (χ1v) is 16.3. The maximum absolute atomic E-state index is 12.6. The average Bonchev–Trinajstić information content (AvgIpc) is 2.96. The van der Waals surface area contributed by atoms with Crippen molar-refractivity contribution in [1.82, 2.24) is 4.90 Å². The largest absolute Gasteiger partial charge is 0.339 e. The molecule has 0 spiro atoms. The van der Waals surface area contributed by atoms with E-state index >= 15 is 0 Å². The summed E-state index contributed by atoms with van der Waals surface area (Å²) in [6.45, 7) is 21.3. The zero-order valence-corrected chi connectivity index (χ0v) is 28.1. The van der Waals surface area contributed by atoms with Crippen LogP contribution in [-0.2, 0) is 10.8 Å². The monoisotopic (exact) mass is 589 g/mol. The van der Waals surface area contributed by atoms with Gasteiger partial charge in [0.15, 0.2) is 0 Å². The summed E-state index contributed by atoms with van der Waals surface area (Å²) in [5, 5.41) is 7.82. The number of carbonyl (C=O) groups is 1. The van der Waals surface area contributed by atoms with Crippen molar-refractivity contribution in [1.29, 1.82) is 5.26 Å².